The quantitative estimate of drug-likeness (QED) is 0.870. The number of phenols is 1. The maximum absolute atomic E-state index is 11.9. The predicted octanol–water partition coefficient (Wildman–Crippen LogP) is 2.44. The molecule has 0 saturated carbocycles. The van der Waals surface area contributed by atoms with E-state index in [2.05, 4.69) is 4.74 Å². The molecule has 0 fully saturated rings. The van der Waals surface area contributed by atoms with E-state index in [9.17, 15) is 14.7 Å². The lowest BCUT2D eigenvalue weighted by Crippen LogP contribution is -2.05. The third kappa shape index (κ3) is 3.42. The fourth-order valence-electron chi connectivity index (χ4n) is 1.69. The molecular weight excluding hydrogens is 276 g/mol. The number of aryl methyl sites for hydroxylation is 1. The van der Waals surface area contributed by atoms with Crippen LogP contribution in [-0.2, 0) is 16.1 Å². The molecule has 1 aromatic heterocycles. The SMILES string of the molecule is COC(=O)c1ccc(COC(=O)c2cc(C)ccc2O)o1. The van der Waals surface area contributed by atoms with Crippen LogP contribution in [0, 0.1) is 6.92 Å². The Hall–Kier alpha value is -2.76. The molecule has 2 rings (SSSR count). The van der Waals surface area contributed by atoms with Gasteiger partial charge in [-0.25, -0.2) is 9.59 Å². The molecule has 0 spiro atoms. The van der Waals surface area contributed by atoms with Crippen molar-refractivity contribution < 1.29 is 28.6 Å². The van der Waals surface area contributed by atoms with Crippen LogP contribution in [0.25, 0.3) is 0 Å². The highest BCUT2D eigenvalue weighted by molar-refractivity contribution is 5.92. The number of aromatic hydroxyl groups is 1. The summed E-state index contributed by atoms with van der Waals surface area (Å²) in [5.41, 5.74) is 0.903. The number of methoxy groups -OCH3 is 1. The summed E-state index contributed by atoms with van der Waals surface area (Å²) in [7, 11) is 1.24. The average molecular weight is 290 g/mol. The fraction of sp³-hybridized carbons (Fsp3) is 0.200. The second-order valence-corrected chi connectivity index (χ2v) is 4.35. The smallest absolute Gasteiger partial charge is 0.373 e. The van der Waals surface area contributed by atoms with Crippen molar-refractivity contribution in [2.24, 2.45) is 0 Å². The van der Waals surface area contributed by atoms with Gasteiger partial charge in [0, 0.05) is 0 Å². The third-order valence-electron chi connectivity index (χ3n) is 2.77. The molecule has 1 heterocycles. The molecule has 0 aliphatic rings. The van der Waals surface area contributed by atoms with Crippen LogP contribution in [0.3, 0.4) is 0 Å². The van der Waals surface area contributed by atoms with Crippen LogP contribution >= 0.6 is 0 Å². The summed E-state index contributed by atoms with van der Waals surface area (Å²) in [5, 5.41) is 9.63. The number of carbonyl (C=O) groups is 2. The van der Waals surface area contributed by atoms with Gasteiger partial charge < -0.3 is 19.0 Å². The Morgan fingerprint density at radius 1 is 1.19 bits per heavy atom. The minimum atomic E-state index is -0.674. The Kier molecular flexibility index (Phi) is 4.27. The van der Waals surface area contributed by atoms with Crippen molar-refractivity contribution in [1.82, 2.24) is 0 Å². The molecule has 0 radical (unpaired) electrons. The monoisotopic (exact) mass is 290 g/mol. The predicted molar refractivity (Wildman–Crippen MR) is 72.0 cm³/mol. The van der Waals surface area contributed by atoms with E-state index in [4.69, 9.17) is 9.15 Å². The van der Waals surface area contributed by atoms with E-state index >= 15 is 0 Å². The molecule has 1 aromatic carbocycles. The van der Waals surface area contributed by atoms with E-state index in [1.165, 1.54) is 31.4 Å². The minimum absolute atomic E-state index is 0.0296. The number of esters is 2. The van der Waals surface area contributed by atoms with E-state index in [0.29, 0.717) is 5.76 Å². The zero-order valence-electron chi connectivity index (χ0n) is 11.6. The van der Waals surface area contributed by atoms with Gasteiger partial charge in [0.1, 0.15) is 23.7 Å². The average Bonchev–Trinajstić information content (AvgIpc) is 2.95. The first-order valence-electron chi connectivity index (χ1n) is 6.15. The van der Waals surface area contributed by atoms with Gasteiger partial charge in [-0.15, -0.1) is 0 Å². The Labute approximate surface area is 120 Å². The van der Waals surface area contributed by atoms with E-state index in [-0.39, 0.29) is 23.7 Å². The highest BCUT2D eigenvalue weighted by atomic mass is 16.6. The zero-order chi connectivity index (χ0) is 15.4. The van der Waals surface area contributed by atoms with Crippen molar-refractivity contribution in [3.8, 4) is 5.75 Å². The first-order valence-corrected chi connectivity index (χ1v) is 6.15. The van der Waals surface area contributed by atoms with Gasteiger partial charge in [0.2, 0.25) is 5.76 Å². The van der Waals surface area contributed by atoms with E-state index < -0.39 is 11.9 Å². The van der Waals surface area contributed by atoms with Gasteiger partial charge in [0.15, 0.2) is 0 Å². The van der Waals surface area contributed by atoms with Crippen molar-refractivity contribution in [1.29, 1.82) is 0 Å². The summed E-state index contributed by atoms with van der Waals surface area (Å²) in [6, 6.07) is 7.57. The summed E-state index contributed by atoms with van der Waals surface area (Å²) >= 11 is 0. The first-order chi connectivity index (χ1) is 10.0. The molecule has 0 unspecified atom stereocenters. The molecule has 0 aliphatic carbocycles. The van der Waals surface area contributed by atoms with Crippen molar-refractivity contribution in [2.45, 2.75) is 13.5 Å². The van der Waals surface area contributed by atoms with Gasteiger partial charge in [-0.05, 0) is 31.2 Å². The minimum Gasteiger partial charge on any atom is -0.507 e. The standard InChI is InChI=1S/C15H14O6/c1-9-3-5-12(16)11(7-9)14(17)20-8-10-4-6-13(21-10)15(18)19-2/h3-7,16H,8H2,1-2H3. The molecule has 0 bridgehead atoms. The van der Waals surface area contributed by atoms with Crippen molar-refractivity contribution in [2.75, 3.05) is 7.11 Å². The number of benzene rings is 1. The van der Waals surface area contributed by atoms with Crippen molar-refractivity contribution in [3.05, 3.63) is 53.0 Å². The Balaban J connectivity index is 2.02. The van der Waals surface area contributed by atoms with Gasteiger partial charge in [-0.1, -0.05) is 11.6 Å². The number of rotatable bonds is 4. The zero-order valence-corrected chi connectivity index (χ0v) is 11.6. The fourth-order valence-corrected chi connectivity index (χ4v) is 1.69. The van der Waals surface area contributed by atoms with Crippen LogP contribution in [0.1, 0.15) is 32.2 Å². The Morgan fingerprint density at radius 3 is 2.67 bits per heavy atom. The van der Waals surface area contributed by atoms with Crippen LogP contribution < -0.4 is 0 Å². The van der Waals surface area contributed by atoms with Crippen LogP contribution in [0.5, 0.6) is 5.75 Å². The Morgan fingerprint density at radius 2 is 1.95 bits per heavy atom. The highest BCUT2D eigenvalue weighted by Crippen LogP contribution is 2.20. The number of carbonyl (C=O) groups excluding carboxylic acids is 2. The number of hydrogen-bond donors (Lipinski definition) is 1. The molecule has 6 nitrogen and oxygen atoms in total. The largest absolute Gasteiger partial charge is 0.507 e. The van der Waals surface area contributed by atoms with Crippen LogP contribution in [0.4, 0.5) is 0 Å². The summed E-state index contributed by atoms with van der Waals surface area (Å²) < 4.78 is 14.7. The maximum atomic E-state index is 11.9. The molecular formula is C15H14O6. The molecule has 0 atom stereocenters. The lowest BCUT2D eigenvalue weighted by molar-refractivity contribution is 0.0435. The van der Waals surface area contributed by atoms with Gasteiger partial charge in [-0.3, -0.25) is 0 Å². The van der Waals surface area contributed by atoms with Crippen LogP contribution in [0.15, 0.2) is 34.7 Å². The molecule has 6 heteroatoms. The summed E-state index contributed by atoms with van der Waals surface area (Å²) in [4.78, 5) is 23.1. The Bertz CT molecular complexity index is 671. The van der Waals surface area contributed by atoms with E-state index in [1.807, 2.05) is 0 Å². The molecule has 0 aliphatic heterocycles. The lowest BCUT2D eigenvalue weighted by atomic mass is 10.1. The normalized spacial score (nSPS) is 10.2. The molecule has 0 amide bonds. The molecule has 21 heavy (non-hydrogen) atoms. The van der Waals surface area contributed by atoms with Gasteiger partial charge >= 0.3 is 11.9 Å². The van der Waals surface area contributed by atoms with E-state index in [0.717, 1.165) is 5.56 Å². The lowest BCUT2D eigenvalue weighted by Gasteiger charge is -2.05. The first kappa shape index (κ1) is 14.6. The summed E-state index contributed by atoms with van der Waals surface area (Å²) in [6.07, 6.45) is 0. The van der Waals surface area contributed by atoms with Gasteiger partial charge in [0.25, 0.3) is 0 Å². The van der Waals surface area contributed by atoms with Crippen molar-refractivity contribution >= 4 is 11.9 Å². The molecule has 110 valence electrons. The summed E-state index contributed by atoms with van der Waals surface area (Å²) in [6.45, 7) is 1.65. The topological polar surface area (TPSA) is 86.0 Å². The molecule has 1 N–H and O–H groups in total. The number of hydrogen-bond acceptors (Lipinski definition) is 6. The third-order valence-corrected chi connectivity index (χ3v) is 2.77. The molecule has 0 saturated heterocycles. The van der Waals surface area contributed by atoms with Crippen molar-refractivity contribution in [3.63, 3.8) is 0 Å². The van der Waals surface area contributed by atoms with Gasteiger partial charge in [-0.2, -0.15) is 0 Å². The molecule has 2 aromatic rings. The van der Waals surface area contributed by atoms with Gasteiger partial charge in [0.05, 0.1) is 7.11 Å². The van der Waals surface area contributed by atoms with Crippen LogP contribution in [-0.4, -0.2) is 24.2 Å². The number of furan rings is 1. The highest BCUT2D eigenvalue weighted by Gasteiger charge is 2.15. The van der Waals surface area contributed by atoms with Crippen LogP contribution in [0.2, 0.25) is 0 Å². The summed E-state index contributed by atoms with van der Waals surface area (Å²) in [5.74, 6) is -1.10. The number of ether oxygens (including phenoxy) is 2. The second kappa shape index (κ2) is 6.13. The van der Waals surface area contributed by atoms with E-state index in [1.54, 1.807) is 13.0 Å². The second-order valence-electron chi connectivity index (χ2n) is 4.35. The number of phenolic OH excluding ortho intramolecular Hbond substituents is 1. The maximum Gasteiger partial charge on any atom is 0.373 e.